The van der Waals surface area contributed by atoms with Crippen molar-refractivity contribution in [1.29, 1.82) is 0 Å². The van der Waals surface area contributed by atoms with Crippen LogP contribution in [0.25, 0.3) is 0 Å². The highest BCUT2D eigenvalue weighted by Crippen LogP contribution is 2.03. The van der Waals surface area contributed by atoms with Crippen molar-refractivity contribution in [2.45, 2.75) is 20.3 Å². The molecule has 0 bridgehead atoms. The second-order valence-electron chi connectivity index (χ2n) is 4.41. The lowest BCUT2D eigenvalue weighted by molar-refractivity contribution is -0.130. The van der Waals surface area contributed by atoms with E-state index in [2.05, 4.69) is 10.6 Å². The molecule has 1 aromatic carbocycles. The first-order valence-electron chi connectivity index (χ1n) is 7.00. The molecule has 110 valence electrons. The molecule has 2 N–H and O–H groups in total. The second-order valence-corrected chi connectivity index (χ2v) is 4.41. The minimum absolute atomic E-state index is 0.105. The number of benzene rings is 1. The smallest absolute Gasteiger partial charge is 0.238 e. The van der Waals surface area contributed by atoms with Gasteiger partial charge in [0.25, 0.3) is 0 Å². The zero-order valence-electron chi connectivity index (χ0n) is 12.2. The lowest BCUT2D eigenvalue weighted by atomic mass is 10.3. The Balaban J connectivity index is 2.18. The van der Waals surface area contributed by atoms with Crippen LogP contribution in [0.2, 0.25) is 0 Å². The van der Waals surface area contributed by atoms with Crippen LogP contribution in [0.4, 0.5) is 5.69 Å². The van der Waals surface area contributed by atoms with Gasteiger partial charge in [-0.25, -0.2) is 0 Å². The Kier molecular flexibility index (Phi) is 7.35. The standard InChI is InChI=1S/C15H23N3O2/c1-3-18(4-2)15(20)10-11-16-12-14(19)17-13-8-6-5-7-9-13/h5-9,16H,3-4,10-12H2,1-2H3,(H,17,19). The van der Waals surface area contributed by atoms with E-state index in [1.54, 1.807) is 4.90 Å². The van der Waals surface area contributed by atoms with Crippen molar-refractivity contribution < 1.29 is 9.59 Å². The van der Waals surface area contributed by atoms with Crippen LogP contribution in [0.15, 0.2) is 30.3 Å². The van der Waals surface area contributed by atoms with Gasteiger partial charge in [0.1, 0.15) is 0 Å². The van der Waals surface area contributed by atoms with E-state index in [0.29, 0.717) is 13.0 Å². The molecule has 20 heavy (non-hydrogen) atoms. The molecule has 0 heterocycles. The third kappa shape index (κ3) is 5.84. The Hall–Kier alpha value is -1.88. The van der Waals surface area contributed by atoms with E-state index in [1.807, 2.05) is 44.2 Å². The maximum Gasteiger partial charge on any atom is 0.238 e. The third-order valence-corrected chi connectivity index (χ3v) is 2.97. The number of carbonyl (C=O) groups excluding carboxylic acids is 2. The molecule has 0 unspecified atom stereocenters. The largest absolute Gasteiger partial charge is 0.343 e. The molecule has 0 spiro atoms. The Morgan fingerprint density at radius 3 is 2.35 bits per heavy atom. The number of carbonyl (C=O) groups is 2. The quantitative estimate of drug-likeness (QED) is 0.707. The van der Waals surface area contributed by atoms with Crippen molar-refractivity contribution in [1.82, 2.24) is 10.2 Å². The topological polar surface area (TPSA) is 61.4 Å². The molecule has 0 aromatic heterocycles. The van der Waals surface area contributed by atoms with Gasteiger partial charge >= 0.3 is 0 Å². The first-order valence-corrected chi connectivity index (χ1v) is 7.00. The predicted molar refractivity (Wildman–Crippen MR) is 80.5 cm³/mol. The van der Waals surface area contributed by atoms with E-state index in [4.69, 9.17) is 0 Å². The van der Waals surface area contributed by atoms with Crippen molar-refractivity contribution in [3.8, 4) is 0 Å². The van der Waals surface area contributed by atoms with Crippen LogP contribution in [0, 0.1) is 0 Å². The van der Waals surface area contributed by atoms with Crippen LogP contribution >= 0.6 is 0 Å². The van der Waals surface area contributed by atoms with Crippen molar-refractivity contribution in [2.24, 2.45) is 0 Å². The lowest BCUT2D eigenvalue weighted by Gasteiger charge is -2.18. The van der Waals surface area contributed by atoms with Crippen molar-refractivity contribution >= 4 is 17.5 Å². The summed E-state index contributed by atoms with van der Waals surface area (Å²) < 4.78 is 0. The van der Waals surface area contributed by atoms with E-state index in [-0.39, 0.29) is 18.4 Å². The maximum atomic E-state index is 11.7. The monoisotopic (exact) mass is 277 g/mol. The second kappa shape index (κ2) is 9.09. The first kappa shape index (κ1) is 16.2. The Bertz CT molecular complexity index is 416. The van der Waals surface area contributed by atoms with Gasteiger partial charge in [-0.05, 0) is 26.0 Å². The van der Waals surface area contributed by atoms with Gasteiger partial charge in [0.05, 0.1) is 6.54 Å². The fourth-order valence-electron chi connectivity index (χ4n) is 1.86. The molecule has 0 saturated carbocycles. The molecule has 0 atom stereocenters. The Labute approximate surface area is 120 Å². The van der Waals surface area contributed by atoms with Crippen molar-refractivity contribution in [3.63, 3.8) is 0 Å². The van der Waals surface area contributed by atoms with Crippen LogP contribution < -0.4 is 10.6 Å². The number of nitrogens with zero attached hydrogens (tertiary/aromatic N) is 1. The van der Waals surface area contributed by atoms with Gasteiger partial charge in [-0.3, -0.25) is 9.59 Å². The first-order chi connectivity index (χ1) is 9.67. The van der Waals surface area contributed by atoms with Gasteiger partial charge in [-0.1, -0.05) is 18.2 Å². The van der Waals surface area contributed by atoms with E-state index in [9.17, 15) is 9.59 Å². The number of amides is 2. The summed E-state index contributed by atoms with van der Waals surface area (Å²) >= 11 is 0. The minimum Gasteiger partial charge on any atom is -0.343 e. The summed E-state index contributed by atoms with van der Waals surface area (Å²) in [6, 6.07) is 9.30. The fourth-order valence-corrected chi connectivity index (χ4v) is 1.86. The molecule has 5 nitrogen and oxygen atoms in total. The summed E-state index contributed by atoms with van der Waals surface area (Å²) in [7, 11) is 0. The number of nitrogens with one attached hydrogen (secondary N) is 2. The van der Waals surface area contributed by atoms with Crippen molar-refractivity contribution in [3.05, 3.63) is 30.3 Å². The fraction of sp³-hybridized carbons (Fsp3) is 0.467. The molecule has 0 aliphatic rings. The Morgan fingerprint density at radius 1 is 1.10 bits per heavy atom. The molecule has 0 saturated heterocycles. The SMILES string of the molecule is CCN(CC)C(=O)CCNCC(=O)Nc1ccccc1. The number of rotatable bonds is 8. The van der Waals surface area contributed by atoms with Crippen molar-refractivity contribution in [2.75, 3.05) is 31.5 Å². The van der Waals surface area contributed by atoms with Gasteiger partial charge in [-0.15, -0.1) is 0 Å². The molecule has 1 rings (SSSR count). The molecular weight excluding hydrogens is 254 g/mol. The predicted octanol–water partition coefficient (Wildman–Crippen LogP) is 1.47. The summed E-state index contributed by atoms with van der Waals surface area (Å²) in [5.41, 5.74) is 0.776. The number of anilines is 1. The average Bonchev–Trinajstić information content (AvgIpc) is 2.46. The molecule has 0 aliphatic carbocycles. The highest BCUT2D eigenvalue weighted by molar-refractivity contribution is 5.92. The normalized spacial score (nSPS) is 10.1. The maximum absolute atomic E-state index is 11.7. The molecule has 0 radical (unpaired) electrons. The number of para-hydroxylation sites is 1. The molecule has 0 fully saturated rings. The van der Waals surface area contributed by atoms with Gasteiger partial charge < -0.3 is 15.5 Å². The van der Waals surface area contributed by atoms with E-state index in [0.717, 1.165) is 18.8 Å². The highest BCUT2D eigenvalue weighted by atomic mass is 16.2. The number of hydrogen-bond donors (Lipinski definition) is 2. The third-order valence-electron chi connectivity index (χ3n) is 2.97. The van der Waals surface area contributed by atoms with E-state index >= 15 is 0 Å². The minimum atomic E-state index is -0.105. The van der Waals surface area contributed by atoms with Crippen LogP contribution in [0.5, 0.6) is 0 Å². The summed E-state index contributed by atoms with van der Waals surface area (Å²) in [4.78, 5) is 25.1. The highest BCUT2D eigenvalue weighted by Gasteiger charge is 2.08. The van der Waals surface area contributed by atoms with Gasteiger partial charge in [-0.2, -0.15) is 0 Å². The lowest BCUT2D eigenvalue weighted by Crippen LogP contribution is -2.34. The van der Waals surface area contributed by atoms with Gasteiger partial charge in [0, 0.05) is 31.7 Å². The summed E-state index contributed by atoms with van der Waals surface area (Å²) in [5, 5.41) is 5.76. The molecule has 5 heteroatoms. The molecule has 0 aliphatic heterocycles. The summed E-state index contributed by atoms with van der Waals surface area (Å²) in [5.74, 6) is 0.0115. The van der Waals surface area contributed by atoms with Crippen LogP contribution in [0.1, 0.15) is 20.3 Å². The molecule has 2 amide bonds. The van der Waals surface area contributed by atoms with E-state index < -0.39 is 0 Å². The zero-order valence-corrected chi connectivity index (χ0v) is 12.2. The van der Waals surface area contributed by atoms with Gasteiger partial charge in [0.2, 0.25) is 11.8 Å². The molecular formula is C15H23N3O2. The van der Waals surface area contributed by atoms with Crippen LogP contribution in [-0.2, 0) is 9.59 Å². The molecule has 1 aromatic rings. The summed E-state index contributed by atoms with van der Waals surface area (Å²) in [6.07, 6.45) is 0.417. The van der Waals surface area contributed by atoms with E-state index in [1.165, 1.54) is 0 Å². The average molecular weight is 277 g/mol. The Morgan fingerprint density at radius 2 is 1.75 bits per heavy atom. The number of hydrogen-bond acceptors (Lipinski definition) is 3. The zero-order chi connectivity index (χ0) is 14.8. The van der Waals surface area contributed by atoms with Gasteiger partial charge in [0.15, 0.2) is 0 Å². The summed E-state index contributed by atoms with van der Waals surface area (Å²) in [6.45, 7) is 6.09. The van der Waals surface area contributed by atoms with Crippen LogP contribution in [-0.4, -0.2) is 42.9 Å². The van der Waals surface area contributed by atoms with Crippen LogP contribution in [0.3, 0.4) is 0 Å².